The highest BCUT2D eigenvalue weighted by Gasteiger charge is 2.35. The van der Waals surface area contributed by atoms with Crippen molar-refractivity contribution in [1.29, 1.82) is 0 Å². The van der Waals surface area contributed by atoms with Crippen LogP contribution in [0.1, 0.15) is 5.56 Å². The fraction of sp³-hybridized carbons (Fsp3) is 0.182. The molecule has 4 nitrogen and oxygen atoms in total. The van der Waals surface area contributed by atoms with E-state index in [0.29, 0.717) is 0 Å². The Labute approximate surface area is 114 Å². The number of nitrogens with two attached hydrogens (primary N) is 1. The smallest absolute Gasteiger partial charge is 0.420 e. The van der Waals surface area contributed by atoms with Crippen LogP contribution in [-0.4, -0.2) is 14.9 Å². The van der Waals surface area contributed by atoms with Gasteiger partial charge in [-0.3, -0.25) is 4.68 Å². The number of anilines is 1. The number of phenols is 1. The summed E-state index contributed by atoms with van der Waals surface area (Å²) in [5.74, 6) is -0.697. The molecule has 0 bridgehead atoms. The minimum Gasteiger partial charge on any atom is -0.507 e. The summed E-state index contributed by atoms with van der Waals surface area (Å²) in [6, 6.07) is 2.17. The number of rotatable bonds is 1. The molecule has 0 aliphatic rings. The molecule has 1 heterocycles. The number of halogens is 4. The Morgan fingerprint density at radius 3 is 2.42 bits per heavy atom. The van der Waals surface area contributed by atoms with E-state index in [2.05, 4.69) is 21.0 Å². The lowest BCUT2D eigenvalue weighted by Crippen LogP contribution is -2.06. The molecule has 0 radical (unpaired) electrons. The highest BCUT2D eigenvalue weighted by Crippen LogP contribution is 2.44. The summed E-state index contributed by atoms with van der Waals surface area (Å²) in [6.07, 6.45) is -3.35. The molecule has 0 saturated carbocycles. The molecule has 0 amide bonds. The van der Waals surface area contributed by atoms with Gasteiger partial charge in [-0.2, -0.15) is 18.3 Å². The monoisotopic (exact) mass is 335 g/mol. The number of benzene rings is 1. The maximum absolute atomic E-state index is 12.8. The molecule has 0 aliphatic carbocycles. The molecule has 0 unspecified atom stereocenters. The summed E-state index contributed by atoms with van der Waals surface area (Å²) in [4.78, 5) is 0. The molecule has 102 valence electrons. The van der Waals surface area contributed by atoms with Crippen LogP contribution in [0.4, 0.5) is 19.0 Å². The minimum atomic E-state index is -4.65. The fourth-order valence-corrected chi connectivity index (χ4v) is 2.13. The van der Waals surface area contributed by atoms with Crippen molar-refractivity contribution < 1.29 is 18.3 Å². The SMILES string of the molecule is Cn1ncc(-c2cc(Br)cc(C(F)(F)F)c2O)c1N. The third-order valence-corrected chi connectivity index (χ3v) is 3.11. The Morgan fingerprint density at radius 1 is 1.32 bits per heavy atom. The van der Waals surface area contributed by atoms with E-state index in [-0.39, 0.29) is 21.4 Å². The fourth-order valence-electron chi connectivity index (χ4n) is 1.68. The molecule has 0 atom stereocenters. The van der Waals surface area contributed by atoms with Crippen LogP contribution in [0.3, 0.4) is 0 Å². The van der Waals surface area contributed by atoms with Crippen LogP contribution in [-0.2, 0) is 13.2 Å². The topological polar surface area (TPSA) is 64.1 Å². The first kappa shape index (κ1) is 13.7. The number of hydrogen-bond donors (Lipinski definition) is 2. The Morgan fingerprint density at radius 2 is 1.95 bits per heavy atom. The van der Waals surface area contributed by atoms with E-state index in [4.69, 9.17) is 5.73 Å². The average molecular weight is 336 g/mol. The van der Waals surface area contributed by atoms with Gasteiger partial charge in [0, 0.05) is 22.6 Å². The van der Waals surface area contributed by atoms with Gasteiger partial charge in [-0.25, -0.2) is 0 Å². The maximum Gasteiger partial charge on any atom is 0.420 e. The van der Waals surface area contributed by atoms with Gasteiger partial charge in [0.25, 0.3) is 0 Å². The van der Waals surface area contributed by atoms with Gasteiger partial charge in [0.05, 0.1) is 11.8 Å². The lowest BCUT2D eigenvalue weighted by atomic mass is 10.0. The van der Waals surface area contributed by atoms with E-state index in [1.165, 1.54) is 16.9 Å². The molecule has 1 aromatic carbocycles. The van der Waals surface area contributed by atoms with Crippen LogP contribution in [0.15, 0.2) is 22.8 Å². The van der Waals surface area contributed by atoms with E-state index >= 15 is 0 Å². The number of aryl methyl sites for hydroxylation is 1. The number of phenolic OH excluding ortho intramolecular Hbond substituents is 1. The molecule has 0 aliphatic heterocycles. The summed E-state index contributed by atoms with van der Waals surface area (Å²) in [5, 5.41) is 13.6. The van der Waals surface area contributed by atoms with Gasteiger partial charge in [0.15, 0.2) is 0 Å². The van der Waals surface area contributed by atoms with Crippen molar-refractivity contribution in [3.8, 4) is 16.9 Å². The second-order valence-corrected chi connectivity index (χ2v) is 4.83. The van der Waals surface area contributed by atoms with Gasteiger partial charge in [-0.15, -0.1) is 0 Å². The Kier molecular flexibility index (Phi) is 3.21. The summed E-state index contributed by atoms with van der Waals surface area (Å²) in [5.41, 5.74) is 4.80. The summed E-state index contributed by atoms with van der Waals surface area (Å²) >= 11 is 2.99. The van der Waals surface area contributed by atoms with E-state index in [0.717, 1.165) is 6.07 Å². The number of nitrogen functional groups attached to an aromatic ring is 1. The molecule has 8 heteroatoms. The van der Waals surface area contributed by atoms with Gasteiger partial charge in [-0.05, 0) is 12.1 Å². The largest absolute Gasteiger partial charge is 0.507 e. The van der Waals surface area contributed by atoms with Gasteiger partial charge in [-0.1, -0.05) is 15.9 Å². The predicted molar refractivity (Wildman–Crippen MR) is 67.4 cm³/mol. The zero-order chi connectivity index (χ0) is 14.4. The first-order chi connectivity index (χ1) is 8.71. The van der Waals surface area contributed by atoms with Crippen molar-refractivity contribution in [2.45, 2.75) is 6.18 Å². The highest BCUT2D eigenvalue weighted by atomic mass is 79.9. The molecule has 0 fully saturated rings. The van der Waals surface area contributed by atoms with Crippen molar-refractivity contribution in [2.75, 3.05) is 5.73 Å². The van der Waals surface area contributed by atoms with E-state index in [1.807, 2.05) is 0 Å². The van der Waals surface area contributed by atoms with Crippen LogP contribution >= 0.6 is 15.9 Å². The third-order valence-electron chi connectivity index (χ3n) is 2.65. The summed E-state index contributed by atoms with van der Waals surface area (Å²) in [6.45, 7) is 0. The van der Waals surface area contributed by atoms with Crippen molar-refractivity contribution in [3.63, 3.8) is 0 Å². The molecule has 1 aromatic heterocycles. The molecule has 0 spiro atoms. The van der Waals surface area contributed by atoms with Crippen LogP contribution in [0.5, 0.6) is 5.75 Å². The lowest BCUT2D eigenvalue weighted by Gasteiger charge is -2.13. The van der Waals surface area contributed by atoms with Crippen LogP contribution in [0.2, 0.25) is 0 Å². The van der Waals surface area contributed by atoms with Crippen molar-refractivity contribution in [2.24, 2.45) is 7.05 Å². The van der Waals surface area contributed by atoms with Gasteiger partial charge in [0.2, 0.25) is 0 Å². The second kappa shape index (κ2) is 4.44. The second-order valence-electron chi connectivity index (χ2n) is 3.91. The quantitative estimate of drug-likeness (QED) is 0.841. The Hall–Kier alpha value is -1.70. The molecule has 3 N–H and O–H groups in total. The zero-order valence-corrected chi connectivity index (χ0v) is 11.2. The molecule has 2 aromatic rings. The van der Waals surface area contributed by atoms with Crippen molar-refractivity contribution in [3.05, 3.63) is 28.4 Å². The van der Waals surface area contributed by atoms with Crippen LogP contribution in [0.25, 0.3) is 11.1 Å². The number of aromatic hydroxyl groups is 1. The number of nitrogens with zero attached hydrogens (tertiary/aromatic N) is 2. The molecular formula is C11H9BrF3N3O. The van der Waals surface area contributed by atoms with Crippen LogP contribution < -0.4 is 5.73 Å². The predicted octanol–water partition coefficient (Wildman–Crippen LogP) is 3.16. The highest BCUT2D eigenvalue weighted by molar-refractivity contribution is 9.10. The minimum absolute atomic E-state index is 0.0210. The van der Waals surface area contributed by atoms with E-state index in [9.17, 15) is 18.3 Å². The van der Waals surface area contributed by atoms with Crippen molar-refractivity contribution >= 4 is 21.7 Å². The summed E-state index contributed by atoms with van der Waals surface area (Å²) in [7, 11) is 1.55. The lowest BCUT2D eigenvalue weighted by molar-refractivity contribution is -0.138. The van der Waals surface area contributed by atoms with Gasteiger partial charge < -0.3 is 10.8 Å². The molecule has 2 rings (SSSR count). The average Bonchev–Trinajstić information content (AvgIpc) is 2.61. The summed E-state index contributed by atoms with van der Waals surface area (Å²) < 4.78 is 39.9. The van der Waals surface area contributed by atoms with Gasteiger partial charge >= 0.3 is 6.18 Å². The first-order valence-corrected chi connectivity index (χ1v) is 5.88. The third kappa shape index (κ3) is 2.40. The van der Waals surface area contributed by atoms with Crippen molar-refractivity contribution in [1.82, 2.24) is 9.78 Å². The zero-order valence-electron chi connectivity index (χ0n) is 9.66. The standard InChI is InChI=1S/C11H9BrF3N3O/c1-18-10(16)7(4-17-18)6-2-5(12)3-8(9(6)19)11(13,14)15/h2-4,19H,16H2,1H3. The number of alkyl halides is 3. The maximum atomic E-state index is 12.8. The normalized spacial score (nSPS) is 11.8. The number of hydrogen-bond acceptors (Lipinski definition) is 3. The molecule has 0 saturated heterocycles. The Bertz CT molecular complexity index is 637. The van der Waals surface area contributed by atoms with E-state index in [1.54, 1.807) is 7.05 Å². The number of aromatic nitrogens is 2. The van der Waals surface area contributed by atoms with E-state index < -0.39 is 17.5 Å². The first-order valence-electron chi connectivity index (χ1n) is 5.09. The van der Waals surface area contributed by atoms with Gasteiger partial charge in [0.1, 0.15) is 11.6 Å². The van der Waals surface area contributed by atoms with Crippen LogP contribution in [0, 0.1) is 0 Å². The molecule has 19 heavy (non-hydrogen) atoms. The molecular weight excluding hydrogens is 327 g/mol. The Balaban J connectivity index is 2.72.